The summed E-state index contributed by atoms with van der Waals surface area (Å²) >= 11 is 13.9. The summed E-state index contributed by atoms with van der Waals surface area (Å²) in [5.74, 6) is 3.24. The van der Waals surface area contributed by atoms with Crippen molar-refractivity contribution in [2.75, 3.05) is 13.2 Å². The number of hydrogen-bond donors (Lipinski definition) is 0. The average molecular weight is 460 g/mol. The summed E-state index contributed by atoms with van der Waals surface area (Å²) < 4.78 is 18.9. The fraction of sp³-hybridized carbons (Fsp3) is 0.143. The van der Waals surface area contributed by atoms with Crippen molar-refractivity contribution in [2.24, 2.45) is 0 Å². The van der Waals surface area contributed by atoms with E-state index in [4.69, 9.17) is 37.1 Å². The van der Waals surface area contributed by atoms with E-state index in [9.17, 15) is 0 Å². The molecule has 3 heterocycles. The molecule has 5 rings (SSSR count). The van der Waals surface area contributed by atoms with Gasteiger partial charge in [0.2, 0.25) is 5.82 Å². The van der Waals surface area contributed by atoms with E-state index < -0.39 is 0 Å². The number of furan rings is 1. The molecule has 0 aliphatic carbocycles. The maximum absolute atomic E-state index is 6.33. The Morgan fingerprint density at radius 2 is 1.83 bits per heavy atom. The molecule has 4 aromatic rings. The van der Waals surface area contributed by atoms with Crippen LogP contribution in [0.5, 0.6) is 11.5 Å². The van der Waals surface area contributed by atoms with Gasteiger partial charge in [-0.3, -0.25) is 4.57 Å². The largest absolute Gasteiger partial charge is 0.486 e. The van der Waals surface area contributed by atoms with Crippen molar-refractivity contribution in [1.82, 2.24) is 14.8 Å². The molecule has 0 amide bonds. The molecule has 0 bridgehead atoms. The molecule has 6 nitrogen and oxygen atoms in total. The van der Waals surface area contributed by atoms with Gasteiger partial charge in [0.05, 0.1) is 12.0 Å². The van der Waals surface area contributed by atoms with Crippen LogP contribution in [0.1, 0.15) is 5.56 Å². The number of halogens is 2. The normalized spacial score (nSPS) is 12.9. The van der Waals surface area contributed by atoms with Crippen LogP contribution in [0.15, 0.2) is 64.4 Å². The molecular formula is C21H15Cl2N3O3S. The zero-order valence-electron chi connectivity index (χ0n) is 15.5. The van der Waals surface area contributed by atoms with E-state index in [0.717, 1.165) is 17.0 Å². The van der Waals surface area contributed by atoms with Gasteiger partial charge in [-0.1, -0.05) is 41.0 Å². The van der Waals surface area contributed by atoms with Crippen LogP contribution in [0.25, 0.3) is 17.3 Å². The van der Waals surface area contributed by atoms with Crippen LogP contribution in [-0.2, 0) is 5.75 Å². The highest BCUT2D eigenvalue weighted by molar-refractivity contribution is 7.98. The summed E-state index contributed by atoms with van der Waals surface area (Å²) in [7, 11) is 0. The van der Waals surface area contributed by atoms with Gasteiger partial charge in [0.25, 0.3) is 0 Å². The van der Waals surface area contributed by atoms with E-state index in [-0.39, 0.29) is 0 Å². The average Bonchev–Trinajstić information content (AvgIpc) is 3.42. The first-order valence-corrected chi connectivity index (χ1v) is 10.9. The third kappa shape index (κ3) is 3.76. The molecule has 0 spiro atoms. The Morgan fingerprint density at radius 1 is 0.967 bits per heavy atom. The van der Waals surface area contributed by atoms with Crippen molar-refractivity contribution in [1.29, 1.82) is 0 Å². The van der Waals surface area contributed by atoms with Crippen LogP contribution in [-0.4, -0.2) is 28.0 Å². The summed E-state index contributed by atoms with van der Waals surface area (Å²) in [5.41, 5.74) is 1.81. The molecule has 30 heavy (non-hydrogen) atoms. The monoisotopic (exact) mass is 459 g/mol. The third-order valence-corrected chi connectivity index (χ3v) is 6.10. The Balaban J connectivity index is 1.53. The van der Waals surface area contributed by atoms with Gasteiger partial charge in [-0.15, -0.1) is 10.2 Å². The second-order valence-corrected chi connectivity index (χ2v) is 8.26. The van der Waals surface area contributed by atoms with E-state index in [0.29, 0.717) is 51.5 Å². The van der Waals surface area contributed by atoms with Crippen LogP contribution in [0, 0.1) is 0 Å². The van der Waals surface area contributed by atoms with E-state index in [1.54, 1.807) is 12.3 Å². The van der Waals surface area contributed by atoms with Gasteiger partial charge in [0.1, 0.15) is 13.2 Å². The third-order valence-electron chi connectivity index (χ3n) is 4.53. The van der Waals surface area contributed by atoms with E-state index in [1.165, 1.54) is 11.8 Å². The Labute approximate surface area is 186 Å². The molecule has 0 unspecified atom stereocenters. The summed E-state index contributed by atoms with van der Waals surface area (Å²) in [6.45, 7) is 1.06. The summed E-state index contributed by atoms with van der Waals surface area (Å²) in [4.78, 5) is 0. The molecule has 0 radical (unpaired) electrons. The second-order valence-electron chi connectivity index (χ2n) is 6.47. The first-order chi connectivity index (χ1) is 14.7. The Morgan fingerprint density at radius 3 is 2.63 bits per heavy atom. The van der Waals surface area contributed by atoms with Crippen molar-refractivity contribution < 1.29 is 13.9 Å². The number of fused-ring (bicyclic) bond motifs is 1. The molecule has 0 saturated carbocycles. The first-order valence-electron chi connectivity index (χ1n) is 9.15. The molecule has 2 aromatic carbocycles. The van der Waals surface area contributed by atoms with Crippen molar-refractivity contribution in [3.63, 3.8) is 0 Å². The van der Waals surface area contributed by atoms with Crippen LogP contribution < -0.4 is 9.47 Å². The molecule has 2 aromatic heterocycles. The zero-order valence-corrected chi connectivity index (χ0v) is 17.9. The molecule has 0 atom stereocenters. The molecule has 152 valence electrons. The van der Waals surface area contributed by atoms with Gasteiger partial charge in [0.15, 0.2) is 22.4 Å². The van der Waals surface area contributed by atoms with Crippen LogP contribution in [0.3, 0.4) is 0 Å². The minimum atomic E-state index is 0.514. The van der Waals surface area contributed by atoms with E-state index in [2.05, 4.69) is 10.2 Å². The topological polar surface area (TPSA) is 62.3 Å². The number of thioether (sulfide) groups is 1. The predicted molar refractivity (Wildman–Crippen MR) is 116 cm³/mol. The lowest BCUT2D eigenvalue weighted by molar-refractivity contribution is 0.171. The molecule has 0 N–H and O–H groups in total. The Hall–Kier alpha value is -2.61. The lowest BCUT2D eigenvalue weighted by Gasteiger charge is -2.19. The smallest absolute Gasteiger partial charge is 0.205 e. The number of nitrogens with zero attached hydrogens (tertiary/aromatic N) is 3. The van der Waals surface area contributed by atoms with Crippen LogP contribution in [0.4, 0.5) is 0 Å². The summed E-state index contributed by atoms with van der Waals surface area (Å²) in [5, 5.41) is 10.7. The van der Waals surface area contributed by atoms with Gasteiger partial charge < -0.3 is 13.9 Å². The minimum Gasteiger partial charge on any atom is -0.486 e. The van der Waals surface area contributed by atoms with Crippen LogP contribution in [0.2, 0.25) is 10.0 Å². The highest BCUT2D eigenvalue weighted by Crippen LogP contribution is 2.36. The summed E-state index contributed by atoms with van der Waals surface area (Å²) in [6.07, 6.45) is 1.61. The lowest BCUT2D eigenvalue weighted by atomic mass is 10.2. The predicted octanol–water partition coefficient (Wildman–Crippen LogP) is 5.90. The number of ether oxygens (including phenoxy) is 2. The fourth-order valence-electron chi connectivity index (χ4n) is 3.11. The van der Waals surface area contributed by atoms with Gasteiger partial charge in [-0.05, 0) is 42.0 Å². The summed E-state index contributed by atoms with van der Waals surface area (Å²) in [6, 6.07) is 14.9. The van der Waals surface area contributed by atoms with Gasteiger partial charge >= 0.3 is 0 Å². The minimum absolute atomic E-state index is 0.514. The number of rotatable bonds is 5. The van der Waals surface area contributed by atoms with Gasteiger partial charge in [-0.2, -0.15) is 0 Å². The Kier molecular flexibility index (Phi) is 5.33. The highest BCUT2D eigenvalue weighted by atomic mass is 35.5. The Bertz CT molecular complexity index is 1190. The zero-order chi connectivity index (χ0) is 20.5. The van der Waals surface area contributed by atoms with Gasteiger partial charge in [0, 0.05) is 21.9 Å². The molecular weight excluding hydrogens is 445 g/mol. The lowest BCUT2D eigenvalue weighted by Crippen LogP contribution is -2.15. The maximum Gasteiger partial charge on any atom is 0.205 e. The van der Waals surface area contributed by atoms with Crippen molar-refractivity contribution in [2.45, 2.75) is 10.9 Å². The first kappa shape index (κ1) is 19.4. The second kappa shape index (κ2) is 8.26. The molecule has 9 heteroatoms. The molecule has 0 saturated heterocycles. The number of hydrogen-bond acceptors (Lipinski definition) is 6. The van der Waals surface area contributed by atoms with Crippen molar-refractivity contribution in [3.8, 4) is 28.8 Å². The number of benzene rings is 2. The highest BCUT2D eigenvalue weighted by Gasteiger charge is 2.21. The van der Waals surface area contributed by atoms with Crippen LogP contribution >= 0.6 is 35.0 Å². The van der Waals surface area contributed by atoms with Crippen molar-refractivity contribution in [3.05, 3.63) is 70.4 Å². The number of aromatic nitrogens is 3. The standard InChI is InChI=1S/C21H15Cl2N3O3S/c22-14-4-3-13(16(23)10-14)12-30-21-25-24-20(18-2-1-7-27-18)26(21)15-5-6-17-19(11-15)29-9-8-28-17/h1-7,10-11H,8-9,12H2. The SMILES string of the molecule is Clc1ccc(CSc2nnc(-c3ccco3)n2-c2ccc3c(c2)OCCO3)c(Cl)c1. The van der Waals surface area contributed by atoms with Crippen molar-refractivity contribution >= 4 is 35.0 Å². The molecule has 1 aliphatic rings. The quantitative estimate of drug-likeness (QED) is 0.346. The fourth-order valence-corrected chi connectivity index (χ4v) is 4.62. The van der Waals surface area contributed by atoms with Gasteiger partial charge in [-0.25, -0.2) is 0 Å². The molecule has 1 aliphatic heterocycles. The van der Waals surface area contributed by atoms with E-state index >= 15 is 0 Å². The maximum atomic E-state index is 6.33. The van der Waals surface area contributed by atoms with E-state index in [1.807, 2.05) is 47.0 Å². The molecule has 0 fully saturated rings.